The molecule has 0 spiro atoms. The molecule has 0 unspecified atom stereocenters. The molecule has 21 heavy (non-hydrogen) atoms. The van der Waals surface area contributed by atoms with Gasteiger partial charge in [0.2, 0.25) is 0 Å². The van der Waals surface area contributed by atoms with Crippen molar-refractivity contribution < 1.29 is 0 Å². The van der Waals surface area contributed by atoms with E-state index in [0.29, 0.717) is 0 Å². The maximum atomic E-state index is 7.50. The fraction of sp³-hybridized carbons (Fsp3) is 0.235. The second kappa shape index (κ2) is 7.94. The van der Waals surface area contributed by atoms with Gasteiger partial charge >= 0.3 is 0 Å². The summed E-state index contributed by atoms with van der Waals surface area (Å²) in [5, 5.41) is 7.50. The van der Waals surface area contributed by atoms with Crippen molar-refractivity contribution in [3.63, 3.8) is 0 Å². The second-order valence-electron chi connectivity index (χ2n) is 4.39. The quantitative estimate of drug-likeness (QED) is 0.771. The normalized spacial score (nSPS) is 18.9. The molecule has 0 aromatic carbocycles. The summed E-state index contributed by atoms with van der Waals surface area (Å²) in [6.45, 7) is 7.61. The molecule has 0 aromatic rings. The molecule has 4 heteroatoms. The van der Waals surface area contributed by atoms with Crippen LogP contribution in [0.5, 0.6) is 0 Å². The largest absolute Gasteiger partial charge is 0.347 e. The fourth-order valence-corrected chi connectivity index (χ4v) is 2.00. The molecule has 0 saturated carbocycles. The molecule has 0 aromatic heterocycles. The van der Waals surface area contributed by atoms with E-state index >= 15 is 0 Å². The highest BCUT2D eigenvalue weighted by molar-refractivity contribution is 6.24. The number of nitrogens with zero attached hydrogens (tertiary/aromatic N) is 3. The molecule has 1 heterocycles. The van der Waals surface area contributed by atoms with Gasteiger partial charge in [-0.25, -0.2) is 4.99 Å². The number of hydrogen-bond donors (Lipinski definition) is 1. The molecule has 0 amide bonds. The van der Waals surface area contributed by atoms with E-state index in [2.05, 4.69) is 11.6 Å². The zero-order valence-corrected chi connectivity index (χ0v) is 13.1. The van der Waals surface area contributed by atoms with Crippen LogP contribution in [0.2, 0.25) is 0 Å². The molecule has 0 radical (unpaired) electrons. The van der Waals surface area contributed by atoms with Gasteiger partial charge in [-0.1, -0.05) is 24.8 Å². The first kappa shape index (κ1) is 16.6. The Labute approximate surface area is 126 Å². The smallest absolute Gasteiger partial charge is 0.0958 e. The van der Waals surface area contributed by atoms with Gasteiger partial charge in [0.1, 0.15) is 0 Å². The third-order valence-corrected chi connectivity index (χ3v) is 3.06. The molecule has 1 N–H and O–H groups in total. The van der Waals surface area contributed by atoms with Gasteiger partial charge in [-0.3, -0.25) is 4.99 Å². The third-order valence-electron chi connectivity index (χ3n) is 3.06. The van der Waals surface area contributed by atoms with Gasteiger partial charge in [0.05, 0.1) is 17.1 Å². The second-order valence-corrected chi connectivity index (χ2v) is 4.39. The summed E-state index contributed by atoms with van der Waals surface area (Å²) >= 11 is 0. The molecule has 0 fully saturated rings. The first-order chi connectivity index (χ1) is 10.1. The van der Waals surface area contributed by atoms with E-state index < -0.39 is 0 Å². The highest BCUT2D eigenvalue weighted by Gasteiger charge is 2.20. The van der Waals surface area contributed by atoms with Crippen molar-refractivity contribution in [3.05, 3.63) is 59.6 Å². The van der Waals surface area contributed by atoms with Crippen molar-refractivity contribution in [2.75, 3.05) is 14.1 Å². The molecule has 1 aliphatic heterocycles. The van der Waals surface area contributed by atoms with Crippen LogP contribution in [0.4, 0.5) is 0 Å². The van der Waals surface area contributed by atoms with Gasteiger partial charge in [-0.15, -0.1) is 0 Å². The topological polar surface area (TPSA) is 51.8 Å². The monoisotopic (exact) mass is 282 g/mol. The molecule has 0 atom stereocenters. The lowest BCUT2D eigenvalue weighted by Crippen LogP contribution is -2.25. The Morgan fingerprint density at radius 1 is 1.33 bits per heavy atom. The average molecular weight is 282 g/mol. The van der Waals surface area contributed by atoms with E-state index in [0.717, 1.165) is 28.3 Å². The van der Waals surface area contributed by atoms with Crippen LogP contribution in [0.3, 0.4) is 0 Å². The van der Waals surface area contributed by atoms with Crippen LogP contribution >= 0.6 is 0 Å². The summed E-state index contributed by atoms with van der Waals surface area (Å²) in [7, 11) is 3.69. The summed E-state index contributed by atoms with van der Waals surface area (Å²) in [5.41, 5.74) is 4.24. The summed E-state index contributed by atoms with van der Waals surface area (Å²) in [6, 6.07) is 0. The van der Waals surface area contributed by atoms with Gasteiger partial charge in [0, 0.05) is 43.9 Å². The third kappa shape index (κ3) is 3.75. The van der Waals surface area contributed by atoms with Crippen LogP contribution in [0, 0.1) is 5.41 Å². The van der Waals surface area contributed by atoms with Crippen LogP contribution in [0.25, 0.3) is 0 Å². The van der Waals surface area contributed by atoms with Crippen molar-refractivity contribution >= 4 is 18.1 Å². The van der Waals surface area contributed by atoms with E-state index in [1.54, 1.807) is 19.3 Å². The Bertz CT molecular complexity index is 598. The van der Waals surface area contributed by atoms with Crippen LogP contribution in [-0.2, 0) is 0 Å². The Kier molecular flexibility index (Phi) is 6.27. The molecule has 0 aliphatic carbocycles. The van der Waals surface area contributed by atoms with Crippen LogP contribution < -0.4 is 0 Å². The first-order valence-electron chi connectivity index (χ1n) is 6.75. The molecule has 4 nitrogen and oxygen atoms in total. The minimum absolute atomic E-state index is 0.759. The predicted octanol–water partition coefficient (Wildman–Crippen LogP) is 3.53. The molecule has 0 saturated heterocycles. The van der Waals surface area contributed by atoms with E-state index in [1.807, 2.05) is 50.2 Å². The zero-order valence-electron chi connectivity index (χ0n) is 13.1. The number of rotatable bonds is 5. The molecular formula is C17H22N4. The van der Waals surface area contributed by atoms with Crippen molar-refractivity contribution in [2.45, 2.75) is 13.8 Å². The zero-order chi connectivity index (χ0) is 15.8. The van der Waals surface area contributed by atoms with Gasteiger partial charge in [-0.2, -0.15) is 0 Å². The van der Waals surface area contributed by atoms with Gasteiger partial charge in [0.25, 0.3) is 0 Å². The maximum absolute atomic E-state index is 7.50. The molecule has 0 bridgehead atoms. The first-order valence-corrected chi connectivity index (χ1v) is 6.75. The van der Waals surface area contributed by atoms with Gasteiger partial charge in [0.15, 0.2) is 0 Å². The molecule has 110 valence electrons. The van der Waals surface area contributed by atoms with Crippen molar-refractivity contribution in [3.8, 4) is 0 Å². The Hall–Kier alpha value is -2.49. The highest BCUT2D eigenvalue weighted by Crippen LogP contribution is 2.23. The standard InChI is InChI=1S/C17H22N4/c1-6-9-16-17(14(8-3)11-19-4)20-15(12-21(16)5)13(7-2)10-18/h6-12,18H,1H2,2-5H3/b13-7+,14-8+,16-9-,18-10?,19-11?. The predicted molar refractivity (Wildman–Crippen MR) is 92.3 cm³/mol. The van der Waals surface area contributed by atoms with E-state index in [-0.39, 0.29) is 0 Å². The van der Waals surface area contributed by atoms with Crippen molar-refractivity contribution in [1.82, 2.24) is 4.90 Å². The highest BCUT2D eigenvalue weighted by atomic mass is 15.1. The van der Waals surface area contributed by atoms with Crippen LogP contribution in [0.1, 0.15) is 13.8 Å². The summed E-state index contributed by atoms with van der Waals surface area (Å²) in [6.07, 6.45) is 12.5. The minimum atomic E-state index is 0.759. The summed E-state index contributed by atoms with van der Waals surface area (Å²) < 4.78 is 0. The molecule has 1 aliphatic rings. The van der Waals surface area contributed by atoms with E-state index in [1.165, 1.54) is 6.21 Å². The minimum Gasteiger partial charge on any atom is -0.347 e. The SMILES string of the molecule is C=C/C=C1/C(/C(C=NC)=C/C)=NC(/C(C=N)=C/C)=CN1C. The Balaban J connectivity index is 3.49. The average Bonchev–Trinajstić information content (AvgIpc) is 2.48. The van der Waals surface area contributed by atoms with Gasteiger partial charge < -0.3 is 10.3 Å². The fourth-order valence-electron chi connectivity index (χ4n) is 2.00. The lowest BCUT2D eigenvalue weighted by Gasteiger charge is -2.26. The Morgan fingerprint density at radius 2 is 2.00 bits per heavy atom. The van der Waals surface area contributed by atoms with E-state index in [9.17, 15) is 0 Å². The number of aliphatic imine (C=N–C) groups is 2. The number of allylic oxidation sites excluding steroid dienone is 6. The molecule has 1 rings (SSSR count). The lowest BCUT2D eigenvalue weighted by atomic mass is 10.0. The van der Waals surface area contributed by atoms with E-state index in [4.69, 9.17) is 10.4 Å². The maximum Gasteiger partial charge on any atom is 0.0958 e. The van der Waals surface area contributed by atoms with Crippen LogP contribution in [-0.4, -0.2) is 37.1 Å². The number of hydrogen-bond acceptors (Lipinski definition) is 4. The molecular weight excluding hydrogens is 260 g/mol. The summed E-state index contributed by atoms with van der Waals surface area (Å²) in [5.74, 6) is 0. The van der Waals surface area contributed by atoms with Crippen LogP contribution in [0.15, 0.2) is 69.6 Å². The lowest BCUT2D eigenvalue weighted by molar-refractivity contribution is 0.586. The van der Waals surface area contributed by atoms with Crippen molar-refractivity contribution in [1.29, 1.82) is 5.41 Å². The van der Waals surface area contributed by atoms with Crippen molar-refractivity contribution in [2.24, 2.45) is 9.98 Å². The Morgan fingerprint density at radius 3 is 2.48 bits per heavy atom. The number of nitrogens with one attached hydrogen (secondary N) is 1. The summed E-state index contributed by atoms with van der Waals surface area (Å²) in [4.78, 5) is 10.8. The van der Waals surface area contributed by atoms with Gasteiger partial charge in [-0.05, 0) is 19.9 Å².